The highest BCUT2D eigenvalue weighted by atomic mass is 32.1. The van der Waals surface area contributed by atoms with Gasteiger partial charge in [-0.05, 0) is 34.7 Å². The lowest BCUT2D eigenvalue weighted by Gasteiger charge is -2.10. The molecule has 108 valence electrons. The Morgan fingerprint density at radius 2 is 1.86 bits per heavy atom. The predicted molar refractivity (Wildman–Crippen MR) is 87.6 cm³/mol. The van der Waals surface area contributed by atoms with Crippen molar-refractivity contribution in [3.8, 4) is 0 Å². The Morgan fingerprint density at radius 1 is 1.19 bits per heavy atom. The average molecular weight is 299 g/mol. The van der Waals surface area contributed by atoms with Gasteiger partial charge in [-0.15, -0.1) is 0 Å². The monoisotopic (exact) mass is 299 g/mol. The van der Waals surface area contributed by atoms with Crippen molar-refractivity contribution in [1.29, 1.82) is 0 Å². The first-order valence-electron chi connectivity index (χ1n) is 6.75. The molecule has 3 N–H and O–H groups in total. The van der Waals surface area contributed by atoms with E-state index >= 15 is 0 Å². The van der Waals surface area contributed by atoms with Crippen LogP contribution in [-0.4, -0.2) is 15.9 Å². The van der Waals surface area contributed by atoms with E-state index in [0.29, 0.717) is 10.4 Å². The van der Waals surface area contributed by atoms with Gasteiger partial charge in [-0.25, -0.2) is 0 Å². The molecule has 0 heterocycles. The normalized spacial score (nSPS) is 11.9. The van der Waals surface area contributed by atoms with E-state index in [2.05, 4.69) is 19.1 Å². The number of aryl methyl sites for hydroxylation is 1. The second-order valence-corrected chi connectivity index (χ2v) is 5.23. The Morgan fingerprint density at radius 3 is 2.43 bits per heavy atom. The van der Waals surface area contributed by atoms with Crippen LogP contribution in [0.15, 0.2) is 48.5 Å². The Labute approximate surface area is 129 Å². The Hall–Kier alpha value is -2.04. The van der Waals surface area contributed by atoms with Crippen molar-refractivity contribution in [3.63, 3.8) is 0 Å². The van der Waals surface area contributed by atoms with E-state index < -0.39 is 12.0 Å². The van der Waals surface area contributed by atoms with Crippen molar-refractivity contribution >= 4 is 23.1 Å². The summed E-state index contributed by atoms with van der Waals surface area (Å²) in [5.74, 6) is -1.05. The first kappa shape index (κ1) is 15.4. The third-order valence-corrected chi connectivity index (χ3v) is 3.87. The van der Waals surface area contributed by atoms with Crippen molar-refractivity contribution in [2.24, 2.45) is 5.73 Å². The van der Waals surface area contributed by atoms with Gasteiger partial charge in [0.25, 0.3) is 0 Å². The van der Waals surface area contributed by atoms with Gasteiger partial charge in [0.1, 0.15) is 6.04 Å². The summed E-state index contributed by atoms with van der Waals surface area (Å²) in [4.78, 5) is 11.7. The zero-order chi connectivity index (χ0) is 15.4. The largest absolute Gasteiger partial charge is 0.480 e. The van der Waals surface area contributed by atoms with E-state index in [-0.39, 0.29) is 0 Å². The summed E-state index contributed by atoms with van der Waals surface area (Å²) in [6.07, 6.45) is 0.982. The number of carbonyl (C=O) groups is 1. The van der Waals surface area contributed by atoms with Gasteiger partial charge in [-0.2, -0.15) is 0 Å². The summed E-state index contributed by atoms with van der Waals surface area (Å²) in [6.45, 7) is 2.10. The van der Waals surface area contributed by atoms with Crippen molar-refractivity contribution in [2.45, 2.75) is 19.4 Å². The molecular weight excluding hydrogens is 282 g/mol. The molecule has 0 bridgehead atoms. The number of hydrogen-bond acceptors (Lipinski definition) is 3. The molecule has 0 saturated carbocycles. The lowest BCUT2D eigenvalue weighted by Crippen LogP contribution is -2.20. The zero-order valence-electron chi connectivity index (χ0n) is 11.7. The fourth-order valence-electron chi connectivity index (χ4n) is 2.07. The highest BCUT2D eigenvalue weighted by Crippen LogP contribution is 2.17. The summed E-state index contributed by atoms with van der Waals surface area (Å²) in [5, 5.41) is 8.98. The fourth-order valence-corrected chi connectivity index (χ4v) is 2.34. The molecule has 0 spiro atoms. The van der Waals surface area contributed by atoms with Gasteiger partial charge in [0.2, 0.25) is 0 Å². The van der Waals surface area contributed by atoms with E-state index in [0.717, 1.165) is 17.5 Å². The molecule has 0 radical (unpaired) electrons. The van der Waals surface area contributed by atoms with E-state index in [1.54, 1.807) is 18.2 Å². The van der Waals surface area contributed by atoms with E-state index in [1.165, 1.54) is 5.56 Å². The van der Waals surface area contributed by atoms with Gasteiger partial charge >= 0.3 is 5.97 Å². The van der Waals surface area contributed by atoms with Crippen molar-refractivity contribution in [3.05, 3.63) is 70.8 Å². The van der Waals surface area contributed by atoms with Crippen molar-refractivity contribution in [1.82, 2.24) is 0 Å². The molecule has 3 nitrogen and oxygen atoms in total. The van der Waals surface area contributed by atoms with Gasteiger partial charge in [-0.1, -0.05) is 61.6 Å². The lowest BCUT2D eigenvalue weighted by atomic mass is 9.99. The Bertz CT molecular complexity index is 665. The van der Waals surface area contributed by atoms with Crippen LogP contribution in [0.3, 0.4) is 0 Å². The van der Waals surface area contributed by atoms with E-state index in [4.69, 9.17) is 23.1 Å². The molecule has 0 aromatic heterocycles. The second-order valence-electron chi connectivity index (χ2n) is 4.82. The van der Waals surface area contributed by atoms with Crippen LogP contribution in [0.25, 0.3) is 0 Å². The highest BCUT2D eigenvalue weighted by molar-refractivity contribution is 7.81. The zero-order valence-corrected chi connectivity index (χ0v) is 12.6. The van der Waals surface area contributed by atoms with E-state index in [1.807, 2.05) is 18.2 Å². The molecular formula is C17H17NO2S. The molecule has 1 unspecified atom stereocenters. The van der Waals surface area contributed by atoms with Crippen LogP contribution in [0.1, 0.15) is 35.2 Å². The standard InChI is InChI=1S/C17H17NO2S/c1-2-11-6-8-12(9-7-11)16(21)14-5-3-4-13(10-14)15(18)17(19)20/h3-10,15H,2,18H2,1H3,(H,19,20). The number of benzene rings is 2. The lowest BCUT2D eigenvalue weighted by molar-refractivity contribution is -0.138. The van der Waals surface area contributed by atoms with Gasteiger partial charge in [-0.3, -0.25) is 4.79 Å². The molecule has 1 atom stereocenters. The predicted octanol–water partition coefficient (Wildman–Crippen LogP) is 3.10. The maximum absolute atomic E-state index is 11.0. The molecule has 0 aliphatic rings. The summed E-state index contributed by atoms with van der Waals surface area (Å²) in [7, 11) is 0. The van der Waals surface area contributed by atoms with Gasteiger partial charge in [0.15, 0.2) is 0 Å². The summed E-state index contributed by atoms with van der Waals surface area (Å²) < 4.78 is 0. The molecule has 0 saturated heterocycles. The number of hydrogen-bond donors (Lipinski definition) is 2. The molecule has 2 aromatic rings. The summed E-state index contributed by atoms with van der Waals surface area (Å²) >= 11 is 5.49. The fraction of sp³-hybridized carbons (Fsp3) is 0.176. The average Bonchev–Trinajstić information content (AvgIpc) is 2.53. The maximum atomic E-state index is 11.0. The van der Waals surface area contributed by atoms with Gasteiger partial charge in [0, 0.05) is 0 Å². The summed E-state index contributed by atoms with van der Waals surface area (Å²) in [5.41, 5.74) is 9.20. The van der Waals surface area contributed by atoms with Crippen molar-refractivity contribution in [2.75, 3.05) is 0 Å². The third kappa shape index (κ3) is 3.54. The molecule has 2 aromatic carbocycles. The van der Waals surface area contributed by atoms with Crippen LogP contribution in [0, 0.1) is 0 Å². The molecule has 0 aliphatic carbocycles. The molecule has 21 heavy (non-hydrogen) atoms. The minimum Gasteiger partial charge on any atom is -0.480 e. The van der Waals surface area contributed by atoms with Crippen LogP contribution >= 0.6 is 12.2 Å². The topological polar surface area (TPSA) is 63.3 Å². The molecule has 4 heteroatoms. The first-order valence-corrected chi connectivity index (χ1v) is 7.15. The minimum atomic E-state index is -1.05. The molecule has 0 amide bonds. The maximum Gasteiger partial charge on any atom is 0.325 e. The van der Waals surface area contributed by atoms with Crippen LogP contribution in [0.5, 0.6) is 0 Å². The number of rotatable bonds is 5. The minimum absolute atomic E-state index is 0.549. The van der Waals surface area contributed by atoms with Crippen LogP contribution in [0.4, 0.5) is 0 Å². The third-order valence-electron chi connectivity index (χ3n) is 3.40. The van der Waals surface area contributed by atoms with Crippen LogP contribution < -0.4 is 5.73 Å². The molecule has 0 fully saturated rings. The van der Waals surface area contributed by atoms with Crippen molar-refractivity contribution < 1.29 is 9.90 Å². The Kier molecular flexibility index (Phi) is 4.83. The molecule has 0 aliphatic heterocycles. The number of carboxylic acids is 1. The smallest absolute Gasteiger partial charge is 0.325 e. The SMILES string of the molecule is CCc1ccc(C(=S)c2cccc(C(N)C(=O)O)c2)cc1. The van der Waals surface area contributed by atoms with Gasteiger partial charge in [0.05, 0.1) is 4.86 Å². The number of carboxylic acid groups (broad SMARTS) is 1. The second kappa shape index (κ2) is 6.61. The van der Waals surface area contributed by atoms with Gasteiger partial charge < -0.3 is 10.8 Å². The molecule has 2 rings (SSSR count). The van der Waals surface area contributed by atoms with E-state index in [9.17, 15) is 4.79 Å². The number of thiocarbonyl (C=S) groups is 1. The van der Waals surface area contributed by atoms with Crippen LogP contribution in [-0.2, 0) is 11.2 Å². The summed E-state index contributed by atoms with van der Waals surface area (Å²) in [6, 6.07) is 14.1. The first-order chi connectivity index (χ1) is 10.0. The number of aliphatic carboxylic acids is 1. The quantitative estimate of drug-likeness (QED) is 0.658. The van der Waals surface area contributed by atoms with Crippen LogP contribution in [0.2, 0.25) is 0 Å². The number of nitrogens with two attached hydrogens (primary N) is 1. The highest BCUT2D eigenvalue weighted by Gasteiger charge is 2.15. The Balaban J connectivity index is 2.30.